The Morgan fingerprint density at radius 3 is 2.00 bits per heavy atom. The Kier molecular flexibility index (Phi) is 4.90. The second-order valence-electron chi connectivity index (χ2n) is 6.69. The first-order chi connectivity index (χ1) is 12.8. The highest BCUT2D eigenvalue weighted by Gasteiger charge is 2.29. The fraction of sp³-hybridized carbons (Fsp3) is 0.238. The summed E-state index contributed by atoms with van der Waals surface area (Å²) < 4.78 is 5.07. The molecule has 2 aromatic carbocycles. The molecule has 0 radical (unpaired) electrons. The lowest BCUT2D eigenvalue weighted by atomic mass is 9.84. The van der Waals surface area contributed by atoms with E-state index in [0.29, 0.717) is 22.4 Å². The Balaban J connectivity index is 1.82. The number of carbonyl (C=O) groups is 4. The minimum absolute atomic E-state index is 0.225. The highest BCUT2D eigenvalue weighted by atomic mass is 16.5. The number of amides is 1. The SMILES string of the molecule is CC(C)C(=O)O[C@@H](C)C(=O)Nc1ccc2c(c1)C(=O)c1ccccc1C2=O. The van der Waals surface area contributed by atoms with Crippen molar-refractivity contribution in [3.63, 3.8) is 0 Å². The summed E-state index contributed by atoms with van der Waals surface area (Å²) in [5.74, 6) is -1.82. The molecule has 0 bridgehead atoms. The van der Waals surface area contributed by atoms with Crippen molar-refractivity contribution >= 4 is 29.1 Å². The van der Waals surface area contributed by atoms with Crippen molar-refractivity contribution in [1.29, 1.82) is 0 Å². The number of carbonyl (C=O) groups excluding carboxylic acids is 4. The molecule has 0 saturated carbocycles. The van der Waals surface area contributed by atoms with E-state index in [2.05, 4.69) is 5.32 Å². The summed E-state index contributed by atoms with van der Waals surface area (Å²) in [5, 5.41) is 2.62. The smallest absolute Gasteiger partial charge is 0.309 e. The van der Waals surface area contributed by atoms with Gasteiger partial charge in [0.05, 0.1) is 5.92 Å². The number of fused-ring (bicyclic) bond motifs is 2. The third-order valence-corrected chi connectivity index (χ3v) is 4.33. The van der Waals surface area contributed by atoms with Crippen molar-refractivity contribution in [3.8, 4) is 0 Å². The Bertz CT molecular complexity index is 961. The van der Waals surface area contributed by atoms with Crippen LogP contribution >= 0.6 is 0 Å². The number of rotatable bonds is 4. The lowest BCUT2D eigenvalue weighted by molar-refractivity contribution is -0.156. The van der Waals surface area contributed by atoms with Gasteiger partial charge in [-0.3, -0.25) is 19.2 Å². The molecule has 0 unspecified atom stereocenters. The zero-order valence-electron chi connectivity index (χ0n) is 15.2. The van der Waals surface area contributed by atoms with E-state index in [1.165, 1.54) is 19.1 Å². The molecular weight excluding hydrogens is 346 g/mol. The number of hydrogen-bond acceptors (Lipinski definition) is 5. The average molecular weight is 365 g/mol. The highest BCUT2D eigenvalue weighted by molar-refractivity contribution is 6.28. The molecule has 0 spiro atoms. The summed E-state index contributed by atoms with van der Waals surface area (Å²) in [6, 6.07) is 11.2. The third-order valence-electron chi connectivity index (χ3n) is 4.33. The maximum Gasteiger partial charge on any atom is 0.309 e. The van der Waals surface area contributed by atoms with Gasteiger partial charge in [0.1, 0.15) is 0 Å². The van der Waals surface area contributed by atoms with Gasteiger partial charge in [-0.1, -0.05) is 38.1 Å². The number of ether oxygens (including phenoxy) is 1. The van der Waals surface area contributed by atoms with Crippen molar-refractivity contribution < 1.29 is 23.9 Å². The molecule has 138 valence electrons. The van der Waals surface area contributed by atoms with Crippen LogP contribution in [0.5, 0.6) is 0 Å². The number of esters is 1. The summed E-state index contributed by atoms with van der Waals surface area (Å²) in [6.07, 6.45) is -0.978. The predicted octanol–water partition coefficient (Wildman–Crippen LogP) is 2.99. The number of ketones is 2. The Morgan fingerprint density at radius 1 is 0.852 bits per heavy atom. The van der Waals surface area contributed by atoms with Gasteiger partial charge in [0.2, 0.25) is 0 Å². The molecule has 6 nitrogen and oxygen atoms in total. The Morgan fingerprint density at radius 2 is 1.41 bits per heavy atom. The summed E-state index contributed by atoms with van der Waals surface area (Å²) >= 11 is 0. The van der Waals surface area contributed by atoms with Crippen molar-refractivity contribution in [2.75, 3.05) is 5.32 Å². The fourth-order valence-corrected chi connectivity index (χ4v) is 2.78. The van der Waals surface area contributed by atoms with Crippen LogP contribution in [-0.2, 0) is 14.3 Å². The van der Waals surface area contributed by atoms with Gasteiger partial charge in [-0.05, 0) is 25.1 Å². The second-order valence-corrected chi connectivity index (χ2v) is 6.69. The maximum atomic E-state index is 12.7. The zero-order chi connectivity index (χ0) is 19.7. The largest absolute Gasteiger partial charge is 0.452 e. The van der Waals surface area contributed by atoms with Gasteiger partial charge in [0, 0.05) is 27.9 Å². The first-order valence-corrected chi connectivity index (χ1v) is 8.63. The van der Waals surface area contributed by atoms with Crippen molar-refractivity contribution in [1.82, 2.24) is 0 Å². The number of nitrogens with one attached hydrogen (secondary N) is 1. The van der Waals surface area contributed by atoms with Gasteiger partial charge in [-0.15, -0.1) is 0 Å². The fourth-order valence-electron chi connectivity index (χ4n) is 2.78. The molecule has 1 atom stereocenters. The third kappa shape index (κ3) is 3.51. The molecule has 1 aliphatic carbocycles. The normalized spacial score (nSPS) is 13.6. The van der Waals surface area contributed by atoms with Crippen LogP contribution in [0, 0.1) is 5.92 Å². The van der Waals surface area contributed by atoms with Crippen LogP contribution in [0.4, 0.5) is 5.69 Å². The minimum Gasteiger partial charge on any atom is -0.452 e. The number of anilines is 1. The van der Waals surface area contributed by atoms with Crippen LogP contribution in [0.2, 0.25) is 0 Å². The van der Waals surface area contributed by atoms with Gasteiger partial charge < -0.3 is 10.1 Å². The lowest BCUT2D eigenvalue weighted by Gasteiger charge is -2.19. The predicted molar refractivity (Wildman–Crippen MR) is 98.8 cm³/mol. The monoisotopic (exact) mass is 365 g/mol. The van der Waals surface area contributed by atoms with E-state index in [0.717, 1.165) is 0 Å². The van der Waals surface area contributed by atoms with Gasteiger partial charge in [-0.2, -0.15) is 0 Å². The Hall–Kier alpha value is -3.28. The molecule has 1 aliphatic rings. The van der Waals surface area contributed by atoms with E-state index in [1.807, 2.05) is 0 Å². The van der Waals surface area contributed by atoms with E-state index in [9.17, 15) is 19.2 Å². The molecule has 1 amide bonds. The molecule has 6 heteroatoms. The minimum atomic E-state index is -0.978. The summed E-state index contributed by atoms with van der Waals surface area (Å²) in [6.45, 7) is 4.83. The molecule has 1 N–H and O–H groups in total. The molecular formula is C21H19NO5. The molecule has 3 rings (SSSR count). The van der Waals surface area contributed by atoms with Crippen molar-refractivity contribution in [2.24, 2.45) is 5.92 Å². The topological polar surface area (TPSA) is 89.5 Å². The van der Waals surface area contributed by atoms with E-state index in [-0.39, 0.29) is 23.0 Å². The van der Waals surface area contributed by atoms with Crippen LogP contribution in [-0.4, -0.2) is 29.5 Å². The molecule has 0 saturated heterocycles. The second kappa shape index (κ2) is 7.15. The summed E-state index contributed by atoms with van der Waals surface area (Å²) in [5.41, 5.74) is 1.62. The lowest BCUT2D eigenvalue weighted by Crippen LogP contribution is -2.31. The summed E-state index contributed by atoms with van der Waals surface area (Å²) in [4.78, 5) is 49.2. The molecule has 27 heavy (non-hydrogen) atoms. The average Bonchev–Trinajstić information content (AvgIpc) is 2.65. The molecule has 0 aromatic heterocycles. The molecule has 0 aliphatic heterocycles. The van der Waals surface area contributed by atoms with Gasteiger partial charge >= 0.3 is 5.97 Å². The van der Waals surface area contributed by atoms with Gasteiger partial charge in [0.25, 0.3) is 5.91 Å². The van der Waals surface area contributed by atoms with Gasteiger partial charge in [0.15, 0.2) is 17.7 Å². The van der Waals surface area contributed by atoms with E-state index >= 15 is 0 Å². The van der Waals surface area contributed by atoms with Crippen LogP contribution < -0.4 is 5.32 Å². The first-order valence-electron chi connectivity index (χ1n) is 8.63. The number of benzene rings is 2. The standard InChI is InChI=1S/C21H19NO5/c1-11(2)21(26)27-12(3)20(25)22-13-8-9-16-17(10-13)19(24)15-7-5-4-6-14(15)18(16)23/h4-12H,1-3H3,(H,22,25)/t12-/m0/s1. The maximum absolute atomic E-state index is 12.7. The van der Waals surface area contributed by atoms with Crippen LogP contribution in [0.1, 0.15) is 52.6 Å². The number of hydrogen-bond donors (Lipinski definition) is 1. The Labute approximate surface area is 156 Å². The van der Waals surface area contributed by atoms with Crippen LogP contribution in [0.15, 0.2) is 42.5 Å². The van der Waals surface area contributed by atoms with Gasteiger partial charge in [-0.25, -0.2) is 0 Å². The zero-order valence-corrected chi connectivity index (χ0v) is 15.2. The highest BCUT2D eigenvalue weighted by Crippen LogP contribution is 2.29. The van der Waals surface area contributed by atoms with E-state index in [4.69, 9.17) is 4.74 Å². The molecule has 0 heterocycles. The quantitative estimate of drug-likeness (QED) is 0.718. The van der Waals surface area contributed by atoms with Crippen LogP contribution in [0.25, 0.3) is 0 Å². The summed E-state index contributed by atoms with van der Waals surface area (Å²) in [7, 11) is 0. The van der Waals surface area contributed by atoms with Crippen molar-refractivity contribution in [2.45, 2.75) is 26.9 Å². The van der Waals surface area contributed by atoms with E-state index < -0.39 is 18.0 Å². The molecule has 2 aromatic rings. The van der Waals surface area contributed by atoms with Crippen molar-refractivity contribution in [3.05, 3.63) is 64.7 Å². The van der Waals surface area contributed by atoms with Crippen LogP contribution in [0.3, 0.4) is 0 Å². The molecule has 0 fully saturated rings. The first kappa shape index (κ1) is 18.5. The van der Waals surface area contributed by atoms with E-state index in [1.54, 1.807) is 44.2 Å².